The zero-order valence-corrected chi connectivity index (χ0v) is 19.9. The predicted octanol–water partition coefficient (Wildman–Crippen LogP) is 5.28. The van der Waals surface area contributed by atoms with Crippen LogP contribution in [0.3, 0.4) is 0 Å². The normalized spacial score (nSPS) is 11.6. The van der Waals surface area contributed by atoms with Crippen LogP contribution in [0, 0.1) is 13.8 Å². The first kappa shape index (κ1) is 21.8. The van der Waals surface area contributed by atoms with Crippen molar-refractivity contribution in [1.29, 1.82) is 0 Å². The Bertz CT molecular complexity index is 1470. The summed E-state index contributed by atoms with van der Waals surface area (Å²) in [6.07, 6.45) is 1.17. The molecule has 11 heteroatoms. The molecule has 0 spiro atoms. The Balaban J connectivity index is 1.83. The maximum atomic E-state index is 12.5. The van der Waals surface area contributed by atoms with Crippen molar-refractivity contribution < 1.29 is 5.11 Å². The molecular formula is C20H13BrCl2N4O3S. The number of aliphatic imine (C=N–C) groups is 1. The molecule has 0 aliphatic heterocycles. The lowest BCUT2D eigenvalue weighted by Gasteiger charge is -2.13. The van der Waals surface area contributed by atoms with Gasteiger partial charge in [-0.25, -0.2) is 19.3 Å². The van der Waals surface area contributed by atoms with Crippen LogP contribution in [-0.2, 0) is 0 Å². The van der Waals surface area contributed by atoms with E-state index in [-0.39, 0.29) is 5.56 Å². The fourth-order valence-electron chi connectivity index (χ4n) is 2.97. The summed E-state index contributed by atoms with van der Waals surface area (Å²) in [4.78, 5) is 35.6. The molecule has 0 radical (unpaired) electrons. The average Bonchev–Trinajstić information content (AvgIpc) is 3.07. The van der Waals surface area contributed by atoms with Crippen LogP contribution in [0.15, 0.2) is 43.3 Å². The first-order chi connectivity index (χ1) is 14.7. The van der Waals surface area contributed by atoms with Gasteiger partial charge in [-0.2, -0.15) is 0 Å². The lowest BCUT2D eigenvalue weighted by molar-refractivity contribution is 0.430. The summed E-state index contributed by atoms with van der Waals surface area (Å²) < 4.78 is 2.67. The molecule has 0 unspecified atom stereocenters. The Morgan fingerprint density at radius 2 is 1.87 bits per heavy atom. The number of benzene rings is 2. The number of rotatable bonds is 3. The van der Waals surface area contributed by atoms with Gasteiger partial charge in [-0.05, 0) is 49.2 Å². The van der Waals surface area contributed by atoms with E-state index >= 15 is 0 Å². The molecule has 0 saturated carbocycles. The summed E-state index contributed by atoms with van der Waals surface area (Å²) in [7, 11) is 0. The van der Waals surface area contributed by atoms with E-state index < -0.39 is 17.1 Å². The third-order valence-electron chi connectivity index (χ3n) is 4.56. The minimum Gasteiger partial charge on any atom is -0.493 e. The number of aryl methyl sites for hydroxylation is 2. The molecule has 2 aromatic carbocycles. The third-order valence-corrected chi connectivity index (χ3v) is 7.06. The van der Waals surface area contributed by atoms with E-state index in [1.165, 1.54) is 17.6 Å². The SMILES string of the molecule is Cc1cc(-n2c(O)c(C=Nc3nc4cc(Cl)c(Cl)cc4s3)c(=O)[nH]c2=O)c(C)cc1Br. The first-order valence-corrected chi connectivity index (χ1v) is 11.2. The van der Waals surface area contributed by atoms with Gasteiger partial charge in [0.05, 0.1) is 25.9 Å². The number of fused-ring (bicyclic) bond motifs is 1. The number of aromatic amines is 1. The second-order valence-corrected chi connectivity index (χ2v) is 9.39. The molecule has 31 heavy (non-hydrogen) atoms. The average molecular weight is 540 g/mol. The maximum absolute atomic E-state index is 12.5. The van der Waals surface area contributed by atoms with Crippen molar-refractivity contribution in [2.45, 2.75) is 13.8 Å². The van der Waals surface area contributed by atoms with Crippen molar-refractivity contribution in [3.05, 3.63) is 76.3 Å². The Morgan fingerprint density at radius 3 is 2.61 bits per heavy atom. The summed E-state index contributed by atoms with van der Waals surface area (Å²) in [6.45, 7) is 3.65. The molecule has 4 rings (SSSR count). The van der Waals surface area contributed by atoms with Gasteiger partial charge in [-0.1, -0.05) is 50.5 Å². The Hall–Kier alpha value is -2.46. The molecule has 2 aromatic heterocycles. The molecule has 0 fully saturated rings. The lowest BCUT2D eigenvalue weighted by atomic mass is 10.1. The van der Waals surface area contributed by atoms with Crippen LogP contribution >= 0.6 is 50.5 Å². The highest BCUT2D eigenvalue weighted by Crippen LogP contribution is 2.34. The summed E-state index contributed by atoms with van der Waals surface area (Å²) in [5, 5.41) is 11.9. The molecular weight excluding hydrogens is 527 g/mol. The van der Waals surface area contributed by atoms with Crippen LogP contribution in [0.4, 0.5) is 5.13 Å². The highest BCUT2D eigenvalue weighted by Gasteiger charge is 2.17. The van der Waals surface area contributed by atoms with Gasteiger partial charge in [-0.15, -0.1) is 0 Å². The van der Waals surface area contributed by atoms with Crippen LogP contribution in [0.1, 0.15) is 16.7 Å². The zero-order chi connectivity index (χ0) is 22.4. The van der Waals surface area contributed by atoms with E-state index in [1.807, 2.05) is 13.0 Å². The third kappa shape index (κ3) is 4.06. The fraction of sp³-hybridized carbons (Fsp3) is 0.100. The van der Waals surface area contributed by atoms with Crippen LogP contribution in [0.25, 0.3) is 15.9 Å². The molecule has 4 aromatic rings. The van der Waals surface area contributed by atoms with Gasteiger partial charge in [-0.3, -0.25) is 9.78 Å². The molecule has 0 aliphatic rings. The molecule has 7 nitrogen and oxygen atoms in total. The molecule has 0 atom stereocenters. The summed E-state index contributed by atoms with van der Waals surface area (Å²) in [5.74, 6) is -0.519. The fourth-order valence-corrected chi connectivity index (χ4v) is 4.65. The second kappa shape index (κ2) is 8.23. The first-order valence-electron chi connectivity index (χ1n) is 8.80. The maximum Gasteiger partial charge on any atom is 0.335 e. The highest BCUT2D eigenvalue weighted by molar-refractivity contribution is 9.10. The van der Waals surface area contributed by atoms with E-state index in [9.17, 15) is 14.7 Å². The predicted molar refractivity (Wildman–Crippen MR) is 128 cm³/mol. The van der Waals surface area contributed by atoms with Crippen molar-refractivity contribution >= 4 is 72.0 Å². The molecule has 158 valence electrons. The molecule has 0 aliphatic carbocycles. The van der Waals surface area contributed by atoms with Gasteiger partial charge in [0.15, 0.2) is 0 Å². The molecule has 0 amide bonds. The van der Waals surface area contributed by atoms with E-state index in [4.69, 9.17) is 23.2 Å². The van der Waals surface area contributed by atoms with Crippen molar-refractivity contribution in [2.75, 3.05) is 0 Å². The Labute approximate surface area is 197 Å². The van der Waals surface area contributed by atoms with Crippen molar-refractivity contribution in [1.82, 2.24) is 14.5 Å². The zero-order valence-electron chi connectivity index (χ0n) is 16.0. The molecule has 0 bridgehead atoms. The Morgan fingerprint density at radius 1 is 1.16 bits per heavy atom. The number of aromatic hydroxyl groups is 1. The number of aromatic nitrogens is 3. The summed E-state index contributed by atoms with van der Waals surface area (Å²) in [6, 6.07) is 6.87. The summed E-state index contributed by atoms with van der Waals surface area (Å²) >= 11 is 16.7. The number of hydrogen-bond acceptors (Lipinski definition) is 6. The Kier molecular flexibility index (Phi) is 5.78. The molecule has 0 saturated heterocycles. The van der Waals surface area contributed by atoms with Crippen molar-refractivity contribution in [2.24, 2.45) is 4.99 Å². The number of hydrogen-bond donors (Lipinski definition) is 2. The van der Waals surface area contributed by atoms with Crippen molar-refractivity contribution in [3.63, 3.8) is 0 Å². The topological polar surface area (TPSA) is 100 Å². The van der Waals surface area contributed by atoms with E-state index in [1.54, 1.807) is 25.1 Å². The van der Waals surface area contributed by atoms with Crippen LogP contribution < -0.4 is 11.2 Å². The van der Waals surface area contributed by atoms with E-state index in [0.717, 1.165) is 24.9 Å². The van der Waals surface area contributed by atoms with Gasteiger partial charge in [0.2, 0.25) is 11.0 Å². The van der Waals surface area contributed by atoms with Crippen LogP contribution in [-0.4, -0.2) is 25.9 Å². The number of nitrogens with zero attached hydrogens (tertiary/aromatic N) is 3. The van der Waals surface area contributed by atoms with Gasteiger partial charge >= 0.3 is 5.69 Å². The smallest absolute Gasteiger partial charge is 0.335 e. The summed E-state index contributed by atoms with van der Waals surface area (Å²) in [5.41, 5.74) is 0.948. The number of nitrogens with one attached hydrogen (secondary N) is 1. The van der Waals surface area contributed by atoms with Crippen LogP contribution in [0.2, 0.25) is 10.0 Å². The quantitative estimate of drug-likeness (QED) is 0.346. The monoisotopic (exact) mass is 538 g/mol. The second-order valence-electron chi connectivity index (χ2n) is 6.71. The minimum atomic E-state index is -0.763. The number of thiazole rings is 1. The number of halogens is 3. The van der Waals surface area contributed by atoms with Gasteiger partial charge in [0, 0.05) is 10.7 Å². The van der Waals surface area contributed by atoms with Crippen LogP contribution in [0.5, 0.6) is 5.88 Å². The van der Waals surface area contributed by atoms with Crippen molar-refractivity contribution in [3.8, 4) is 11.6 Å². The molecule has 2 heterocycles. The van der Waals surface area contributed by atoms with E-state index in [2.05, 4.69) is 30.9 Å². The van der Waals surface area contributed by atoms with Gasteiger partial charge < -0.3 is 5.11 Å². The van der Waals surface area contributed by atoms with E-state index in [0.29, 0.717) is 26.4 Å². The highest BCUT2D eigenvalue weighted by atomic mass is 79.9. The van der Waals surface area contributed by atoms with Gasteiger partial charge in [0.25, 0.3) is 5.56 Å². The molecule has 2 N–H and O–H groups in total. The lowest BCUT2D eigenvalue weighted by Crippen LogP contribution is -2.31. The van der Waals surface area contributed by atoms with Gasteiger partial charge in [0.1, 0.15) is 5.56 Å². The minimum absolute atomic E-state index is 0.171. The standard InChI is InChI=1S/C20H13BrCl2N4O3S/c1-8-4-15(9(2)3-11(8)21)27-18(29)10(17(28)26-20(27)30)7-24-19-25-14-5-12(22)13(23)6-16(14)31-19/h3-7,29H,1-2H3,(H,26,28,30). The largest absolute Gasteiger partial charge is 0.493 e. The number of H-pyrrole nitrogens is 1.